The molecule has 2 aromatic carbocycles. The molecule has 20 heavy (non-hydrogen) atoms. The number of benzene rings is 2. The first-order valence-electron chi connectivity index (χ1n) is 5.58. The van der Waals surface area contributed by atoms with Crippen molar-refractivity contribution in [1.82, 2.24) is 0 Å². The second-order valence-electron chi connectivity index (χ2n) is 4.01. The van der Waals surface area contributed by atoms with Gasteiger partial charge in [0.25, 0.3) is 5.69 Å². The minimum absolute atomic E-state index is 0.0414. The van der Waals surface area contributed by atoms with Gasteiger partial charge in [-0.15, -0.1) is 0 Å². The zero-order valence-electron chi connectivity index (χ0n) is 10.2. The number of halogens is 2. The highest BCUT2D eigenvalue weighted by atomic mass is 79.9. The van der Waals surface area contributed by atoms with Crippen molar-refractivity contribution in [2.75, 3.05) is 5.73 Å². The summed E-state index contributed by atoms with van der Waals surface area (Å²) in [6.07, 6.45) is 0. The monoisotopic (exact) mass is 340 g/mol. The number of anilines is 1. The molecule has 0 amide bonds. The molecule has 2 aromatic rings. The summed E-state index contributed by atoms with van der Waals surface area (Å²) in [5.74, 6) is -0.137. The first-order valence-corrected chi connectivity index (χ1v) is 6.37. The van der Waals surface area contributed by atoms with Crippen molar-refractivity contribution in [2.24, 2.45) is 0 Å². The Bertz CT molecular complexity index is 647. The summed E-state index contributed by atoms with van der Waals surface area (Å²) in [5.41, 5.74) is 6.15. The van der Waals surface area contributed by atoms with Gasteiger partial charge in [-0.25, -0.2) is 4.39 Å². The van der Waals surface area contributed by atoms with Gasteiger partial charge in [-0.2, -0.15) is 0 Å². The van der Waals surface area contributed by atoms with E-state index in [0.717, 1.165) is 5.56 Å². The van der Waals surface area contributed by atoms with Crippen LogP contribution in [-0.4, -0.2) is 4.92 Å². The molecule has 0 bridgehead atoms. The van der Waals surface area contributed by atoms with Gasteiger partial charge in [0, 0.05) is 10.5 Å². The molecule has 104 valence electrons. The zero-order valence-corrected chi connectivity index (χ0v) is 11.8. The maximum Gasteiger partial charge on any atom is 0.297 e. The first-order chi connectivity index (χ1) is 9.47. The maximum atomic E-state index is 12.8. The molecule has 0 aliphatic carbocycles. The van der Waals surface area contributed by atoms with Crippen molar-refractivity contribution < 1.29 is 14.1 Å². The Hall–Kier alpha value is -2.15. The van der Waals surface area contributed by atoms with Gasteiger partial charge in [0.15, 0.2) is 11.4 Å². The second kappa shape index (κ2) is 5.87. The third-order valence-corrected chi connectivity index (χ3v) is 3.05. The Balaban J connectivity index is 2.21. The molecule has 0 radical (unpaired) electrons. The van der Waals surface area contributed by atoms with Gasteiger partial charge in [0.2, 0.25) is 0 Å². The highest BCUT2D eigenvalue weighted by Gasteiger charge is 2.17. The lowest BCUT2D eigenvalue weighted by atomic mass is 10.2. The molecule has 0 atom stereocenters. The Morgan fingerprint density at radius 3 is 2.55 bits per heavy atom. The molecule has 0 aliphatic heterocycles. The Morgan fingerprint density at radius 2 is 1.95 bits per heavy atom. The van der Waals surface area contributed by atoms with Crippen molar-refractivity contribution in [3.63, 3.8) is 0 Å². The number of ether oxygens (including phenoxy) is 1. The Morgan fingerprint density at radius 1 is 1.30 bits per heavy atom. The first kappa shape index (κ1) is 14.3. The highest BCUT2D eigenvalue weighted by Crippen LogP contribution is 2.35. The van der Waals surface area contributed by atoms with E-state index in [2.05, 4.69) is 15.9 Å². The van der Waals surface area contributed by atoms with Crippen LogP contribution >= 0.6 is 15.9 Å². The van der Waals surface area contributed by atoms with Gasteiger partial charge >= 0.3 is 0 Å². The second-order valence-corrected chi connectivity index (χ2v) is 4.92. The molecule has 5 nitrogen and oxygen atoms in total. The normalized spacial score (nSPS) is 10.3. The van der Waals surface area contributed by atoms with Crippen molar-refractivity contribution in [2.45, 2.75) is 6.61 Å². The fraction of sp³-hybridized carbons (Fsp3) is 0.0769. The van der Waals surface area contributed by atoms with Crippen LogP contribution in [0.1, 0.15) is 5.56 Å². The van der Waals surface area contributed by atoms with E-state index >= 15 is 0 Å². The Labute approximate surface area is 122 Å². The minimum atomic E-state index is -0.579. The van der Waals surface area contributed by atoms with Crippen LogP contribution in [0.4, 0.5) is 15.8 Å². The summed E-state index contributed by atoms with van der Waals surface area (Å²) in [6.45, 7) is 0.137. The van der Waals surface area contributed by atoms with E-state index in [1.165, 1.54) is 18.2 Å². The lowest BCUT2D eigenvalue weighted by molar-refractivity contribution is -0.384. The van der Waals surface area contributed by atoms with Crippen LogP contribution in [0, 0.1) is 15.9 Å². The summed E-state index contributed by atoms with van der Waals surface area (Å²) in [6, 6.07) is 8.61. The van der Waals surface area contributed by atoms with E-state index in [9.17, 15) is 14.5 Å². The molecule has 0 heterocycles. The number of hydrogen-bond acceptors (Lipinski definition) is 4. The third-order valence-electron chi connectivity index (χ3n) is 2.59. The van der Waals surface area contributed by atoms with Gasteiger partial charge < -0.3 is 10.5 Å². The highest BCUT2D eigenvalue weighted by molar-refractivity contribution is 9.10. The smallest absolute Gasteiger partial charge is 0.297 e. The minimum Gasteiger partial charge on any atom is -0.486 e. The number of nitrogens with zero attached hydrogens (tertiary/aromatic N) is 1. The zero-order chi connectivity index (χ0) is 14.7. The van der Waals surface area contributed by atoms with Crippen molar-refractivity contribution in [1.29, 1.82) is 0 Å². The predicted molar refractivity (Wildman–Crippen MR) is 75.9 cm³/mol. The molecule has 0 aliphatic rings. The number of hydrogen-bond donors (Lipinski definition) is 1. The van der Waals surface area contributed by atoms with Gasteiger partial charge in [-0.1, -0.05) is 28.1 Å². The lowest BCUT2D eigenvalue weighted by Gasteiger charge is -2.09. The summed E-state index contributed by atoms with van der Waals surface area (Å²) < 4.78 is 18.7. The molecule has 7 heteroatoms. The van der Waals surface area contributed by atoms with E-state index in [-0.39, 0.29) is 29.5 Å². The van der Waals surface area contributed by atoms with Gasteiger partial charge in [0.1, 0.15) is 12.4 Å². The topological polar surface area (TPSA) is 78.4 Å². The van der Waals surface area contributed by atoms with Crippen LogP contribution in [0.25, 0.3) is 0 Å². The van der Waals surface area contributed by atoms with Crippen molar-refractivity contribution in [3.05, 3.63) is 62.4 Å². The SMILES string of the molecule is Nc1c(OCc2ccc(F)cc2)cc(Br)cc1[N+](=O)[O-]. The Kier molecular flexibility index (Phi) is 4.19. The number of rotatable bonds is 4. The maximum absolute atomic E-state index is 12.8. The lowest BCUT2D eigenvalue weighted by Crippen LogP contribution is -2.02. The molecule has 0 aromatic heterocycles. The van der Waals surface area contributed by atoms with E-state index < -0.39 is 4.92 Å². The average molecular weight is 341 g/mol. The van der Waals surface area contributed by atoms with E-state index in [0.29, 0.717) is 4.47 Å². The van der Waals surface area contributed by atoms with Gasteiger partial charge in [-0.3, -0.25) is 10.1 Å². The molecule has 0 saturated carbocycles. The number of nitro groups is 1. The van der Waals surface area contributed by atoms with Crippen LogP contribution in [0.15, 0.2) is 40.9 Å². The summed E-state index contributed by atoms with van der Waals surface area (Å²) in [4.78, 5) is 10.3. The van der Waals surface area contributed by atoms with E-state index in [4.69, 9.17) is 10.5 Å². The molecule has 2 rings (SSSR count). The van der Waals surface area contributed by atoms with Crippen LogP contribution in [0.2, 0.25) is 0 Å². The summed E-state index contributed by atoms with van der Waals surface area (Å²) in [5, 5.41) is 10.8. The van der Waals surface area contributed by atoms with Crippen LogP contribution < -0.4 is 10.5 Å². The largest absolute Gasteiger partial charge is 0.486 e. The third kappa shape index (κ3) is 3.24. The number of nitrogen functional groups attached to an aromatic ring is 1. The summed E-state index contributed by atoms with van der Waals surface area (Å²) in [7, 11) is 0. The van der Waals surface area contributed by atoms with Crippen molar-refractivity contribution in [3.8, 4) is 5.75 Å². The summed E-state index contributed by atoms with van der Waals surface area (Å²) >= 11 is 3.16. The molecule has 0 spiro atoms. The van der Waals surface area contributed by atoms with Crippen molar-refractivity contribution >= 4 is 27.3 Å². The number of nitrogens with two attached hydrogens (primary N) is 1. The van der Waals surface area contributed by atoms with Gasteiger partial charge in [-0.05, 0) is 23.8 Å². The fourth-order valence-corrected chi connectivity index (χ4v) is 2.02. The molecule has 0 saturated heterocycles. The molecular formula is C13H10BrFN2O3. The van der Waals surface area contributed by atoms with Crippen LogP contribution in [0.5, 0.6) is 5.75 Å². The fourth-order valence-electron chi connectivity index (χ4n) is 1.59. The number of nitro benzene ring substituents is 1. The molecule has 0 fully saturated rings. The molecule has 2 N–H and O–H groups in total. The predicted octanol–water partition coefficient (Wildman–Crippen LogP) is 3.66. The quantitative estimate of drug-likeness (QED) is 0.523. The van der Waals surface area contributed by atoms with E-state index in [1.54, 1.807) is 18.2 Å². The van der Waals surface area contributed by atoms with Gasteiger partial charge in [0.05, 0.1) is 4.92 Å². The average Bonchev–Trinajstić information content (AvgIpc) is 2.41. The van der Waals surface area contributed by atoms with E-state index in [1.807, 2.05) is 0 Å². The standard InChI is InChI=1S/C13H10BrFN2O3/c14-9-5-11(17(18)19)13(16)12(6-9)20-7-8-1-3-10(15)4-2-8/h1-6H,7,16H2. The molecular weight excluding hydrogens is 331 g/mol. The van der Waals surface area contributed by atoms with Crippen LogP contribution in [0.3, 0.4) is 0 Å². The molecule has 0 unspecified atom stereocenters. The van der Waals surface area contributed by atoms with Crippen LogP contribution in [-0.2, 0) is 6.61 Å².